The minimum absolute atomic E-state index is 0.0228. The van der Waals surface area contributed by atoms with Crippen molar-refractivity contribution in [3.8, 4) is 11.1 Å². The summed E-state index contributed by atoms with van der Waals surface area (Å²) in [5, 5.41) is -0.243. The van der Waals surface area contributed by atoms with E-state index in [9.17, 15) is 9.18 Å². The van der Waals surface area contributed by atoms with E-state index in [2.05, 4.69) is 0 Å². The van der Waals surface area contributed by atoms with Gasteiger partial charge in [-0.25, -0.2) is 4.39 Å². The van der Waals surface area contributed by atoms with Gasteiger partial charge in [0.05, 0.1) is 25.1 Å². The highest BCUT2D eigenvalue weighted by Crippen LogP contribution is 2.48. The zero-order chi connectivity index (χ0) is 15.9. The third kappa shape index (κ3) is 2.94. The lowest BCUT2D eigenvalue weighted by atomic mass is 9.98. The Balaban J connectivity index is 2.92. The van der Waals surface area contributed by atoms with Crippen LogP contribution in [0.1, 0.15) is 10.4 Å². The number of carbonyl (C=O) groups excluding carboxylic acids is 1. The summed E-state index contributed by atoms with van der Waals surface area (Å²) >= 11 is 30.0. The second-order valence-electron chi connectivity index (χ2n) is 4.00. The fraction of sp³-hybridized carbons (Fsp3) is 0. The van der Waals surface area contributed by atoms with E-state index in [-0.39, 0.29) is 41.8 Å². The minimum atomic E-state index is -0.778. The van der Waals surface area contributed by atoms with Crippen molar-refractivity contribution in [1.29, 1.82) is 0 Å². The molecule has 0 radical (unpaired) electrons. The number of halogens is 6. The third-order valence-corrected chi connectivity index (χ3v) is 5.00. The average molecular weight is 387 g/mol. The second kappa shape index (κ2) is 6.19. The summed E-state index contributed by atoms with van der Waals surface area (Å²) < 4.78 is 13.5. The van der Waals surface area contributed by atoms with Crippen LogP contribution in [-0.4, -0.2) is 5.91 Å². The van der Waals surface area contributed by atoms with Crippen molar-refractivity contribution in [2.45, 2.75) is 0 Å². The molecule has 0 saturated carbocycles. The first-order valence-electron chi connectivity index (χ1n) is 5.36. The molecule has 2 aromatic rings. The molecule has 0 heterocycles. The van der Waals surface area contributed by atoms with Gasteiger partial charge in [-0.1, -0.05) is 58.0 Å². The molecule has 1 amide bonds. The number of amides is 1. The quantitative estimate of drug-likeness (QED) is 0.509. The predicted octanol–water partition coefficient (Wildman–Crippen LogP) is 5.86. The zero-order valence-electron chi connectivity index (χ0n) is 9.99. The van der Waals surface area contributed by atoms with Gasteiger partial charge in [-0.2, -0.15) is 0 Å². The van der Waals surface area contributed by atoms with Crippen LogP contribution in [0.2, 0.25) is 25.1 Å². The molecule has 0 aromatic heterocycles. The lowest BCUT2D eigenvalue weighted by Crippen LogP contribution is -2.12. The van der Waals surface area contributed by atoms with Crippen molar-refractivity contribution < 1.29 is 9.18 Å². The smallest absolute Gasteiger partial charge is 0.249 e. The molecule has 0 aliphatic rings. The van der Waals surface area contributed by atoms with E-state index in [1.807, 2.05) is 0 Å². The Morgan fingerprint density at radius 1 is 0.905 bits per heavy atom. The van der Waals surface area contributed by atoms with Crippen LogP contribution >= 0.6 is 58.0 Å². The second-order valence-corrected chi connectivity index (χ2v) is 5.89. The number of benzene rings is 2. The van der Waals surface area contributed by atoms with E-state index in [1.54, 1.807) is 0 Å². The van der Waals surface area contributed by atoms with Gasteiger partial charge in [-0.3, -0.25) is 4.79 Å². The molecule has 2 aromatic carbocycles. The van der Waals surface area contributed by atoms with Crippen LogP contribution < -0.4 is 5.73 Å². The van der Waals surface area contributed by atoms with Gasteiger partial charge < -0.3 is 5.73 Å². The van der Waals surface area contributed by atoms with E-state index >= 15 is 0 Å². The van der Waals surface area contributed by atoms with Crippen molar-refractivity contribution in [2.75, 3.05) is 0 Å². The zero-order valence-corrected chi connectivity index (χ0v) is 13.8. The predicted molar refractivity (Wildman–Crippen MR) is 85.4 cm³/mol. The molecular weight excluding hydrogens is 382 g/mol. The maximum Gasteiger partial charge on any atom is 0.249 e. The first-order chi connectivity index (χ1) is 9.75. The third-order valence-electron chi connectivity index (χ3n) is 2.73. The maximum absolute atomic E-state index is 13.5. The number of carbonyl (C=O) groups is 1. The maximum atomic E-state index is 13.5. The van der Waals surface area contributed by atoms with Crippen molar-refractivity contribution in [3.05, 3.63) is 54.7 Å². The lowest BCUT2D eigenvalue weighted by molar-refractivity contribution is 0.100. The van der Waals surface area contributed by atoms with Gasteiger partial charge in [0.15, 0.2) is 0 Å². The van der Waals surface area contributed by atoms with Crippen molar-refractivity contribution in [1.82, 2.24) is 0 Å². The fourth-order valence-corrected chi connectivity index (χ4v) is 3.12. The Labute approximate surface area is 144 Å². The van der Waals surface area contributed by atoms with Gasteiger partial charge in [0.2, 0.25) is 5.91 Å². The summed E-state index contributed by atoms with van der Waals surface area (Å²) in [6, 6.07) is 3.37. The molecule has 0 aliphatic heterocycles. The monoisotopic (exact) mass is 385 g/mol. The van der Waals surface area contributed by atoms with Gasteiger partial charge in [0.25, 0.3) is 0 Å². The molecule has 0 bridgehead atoms. The molecule has 2 nitrogen and oxygen atoms in total. The molecule has 0 unspecified atom stereocenters. The highest BCUT2D eigenvalue weighted by atomic mass is 35.5. The molecule has 0 spiro atoms. The molecule has 21 heavy (non-hydrogen) atoms. The van der Waals surface area contributed by atoms with Gasteiger partial charge in [0, 0.05) is 16.7 Å². The number of hydrogen-bond donors (Lipinski definition) is 1. The summed E-state index contributed by atoms with van der Waals surface area (Å²) in [4.78, 5) is 11.5. The molecule has 0 saturated heterocycles. The summed E-state index contributed by atoms with van der Waals surface area (Å²) in [5.41, 5.74) is 5.46. The molecule has 0 aliphatic carbocycles. The normalized spacial score (nSPS) is 10.8. The van der Waals surface area contributed by atoms with E-state index in [0.29, 0.717) is 0 Å². The van der Waals surface area contributed by atoms with E-state index < -0.39 is 11.7 Å². The summed E-state index contributed by atoms with van der Waals surface area (Å²) in [7, 11) is 0. The average Bonchev–Trinajstić information content (AvgIpc) is 2.43. The molecular formula is C13H5Cl5FNO. The summed E-state index contributed by atoms with van der Waals surface area (Å²) in [5.74, 6) is -1.39. The van der Waals surface area contributed by atoms with E-state index in [1.165, 1.54) is 6.07 Å². The molecule has 2 N–H and O–H groups in total. The first-order valence-corrected chi connectivity index (χ1v) is 7.25. The molecule has 0 atom stereocenters. The standard InChI is InChI=1S/C13H5Cl5FNO/c14-8-7(9(15)11(17)12(18)10(8)16)6-3-4(19)1-2-5(6)13(20)21/h1-3H,(H2,20,21). The molecule has 0 fully saturated rings. The van der Waals surface area contributed by atoms with Crippen LogP contribution in [0.5, 0.6) is 0 Å². The molecule has 8 heteroatoms. The minimum Gasteiger partial charge on any atom is -0.366 e. The SMILES string of the molecule is NC(=O)c1ccc(F)cc1-c1c(Cl)c(Cl)c(Cl)c(Cl)c1Cl. The van der Waals surface area contributed by atoms with Gasteiger partial charge in [0.1, 0.15) is 5.82 Å². The number of hydrogen-bond acceptors (Lipinski definition) is 1. The number of nitrogens with two attached hydrogens (primary N) is 1. The Morgan fingerprint density at radius 3 is 1.86 bits per heavy atom. The summed E-state index contributed by atoms with van der Waals surface area (Å²) in [6.45, 7) is 0. The molecule has 2 rings (SSSR count). The van der Waals surface area contributed by atoms with Gasteiger partial charge in [-0.15, -0.1) is 0 Å². The topological polar surface area (TPSA) is 43.1 Å². The first kappa shape index (κ1) is 16.7. The molecule has 110 valence electrons. The number of primary amides is 1. The van der Waals surface area contributed by atoms with Crippen molar-refractivity contribution >= 4 is 63.9 Å². The van der Waals surface area contributed by atoms with Crippen LogP contribution in [0.3, 0.4) is 0 Å². The van der Waals surface area contributed by atoms with Gasteiger partial charge >= 0.3 is 0 Å². The highest BCUT2D eigenvalue weighted by Gasteiger charge is 2.23. The lowest BCUT2D eigenvalue weighted by Gasteiger charge is -2.15. The Morgan fingerprint density at radius 2 is 1.38 bits per heavy atom. The van der Waals surface area contributed by atoms with E-state index in [0.717, 1.165) is 12.1 Å². The number of rotatable bonds is 2. The highest BCUT2D eigenvalue weighted by molar-refractivity contribution is 6.56. The van der Waals surface area contributed by atoms with Crippen LogP contribution in [0.4, 0.5) is 4.39 Å². The summed E-state index contributed by atoms with van der Waals surface area (Å²) in [6.07, 6.45) is 0. The Hall–Kier alpha value is -0.710. The Kier molecular flexibility index (Phi) is 4.91. The van der Waals surface area contributed by atoms with Crippen molar-refractivity contribution in [2.24, 2.45) is 5.73 Å². The van der Waals surface area contributed by atoms with E-state index in [4.69, 9.17) is 63.7 Å². The van der Waals surface area contributed by atoms with Crippen LogP contribution in [0.25, 0.3) is 11.1 Å². The van der Waals surface area contributed by atoms with Crippen LogP contribution in [0, 0.1) is 5.82 Å². The van der Waals surface area contributed by atoms with Gasteiger partial charge in [-0.05, 0) is 18.2 Å². The van der Waals surface area contributed by atoms with Crippen molar-refractivity contribution in [3.63, 3.8) is 0 Å². The largest absolute Gasteiger partial charge is 0.366 e. The van der Waals surface area contributed by atoms with Crippen LogP contribution in [0.15, 0.2) is 18.2 Å². The van der Waals surface area contributed by atoms with Crippen LogP contribution in [-0.2, 0) is 0 Å². The fourth-order valence-electron chi connectivity index (χ4n) is 1.78. The Bertz CT molecular complexity index is 734.